The lowest BCUT2D eigenvalue weighted by molar-refractivity contribution is 1.02. The van der Waals surface area contributed by atoms with Crippen LogP contribution in [-0.2, 0) is 0 Å². The van der Waals surface area contributed by atoms with Gasteiger partial charge < -0.3 is 9.88 Å². The van der Waals surface area contributed by atoms with Crippen molar-refractivity contribution in [3.05, 3.63) is 40.4 Å². The van der Waals surface area contributed by atoms with Crippen molar-refractivity contribution in [1.29, 1.82) is 0 Å². The molecule has 1 heterocycles. The molecular weight excluding hydrogens is 230 g/mol. The smallest absolute Gasteiger partial charge is 0.181 e. The molecular formula is C13H17N3S. The molecule has 1 N–H and O–H groups in total. The van der Waals surface area contributed by atoms with Crippen LogP contribution in [0, 0.1) is 18.6 Å². The third-order valence-electron chi connectivity index (χ3n) is 2.80. The molecule has 0 unspecified atom stereocenters. The van der Waals surface area contributed by atoms with Crippen molar-refractivity contribution in [2.45, 2.75) is 13.8 Å². The number of imidazole rings is 1. The van der Waals surface area contributed by atoms with Gasteiger partial charge in [0, 0.05) is 37.4 Å². The number of benzene rings is 1. The lowest BCUT2D eigenvalue weighted by atomic mass is 10.1. The Kier molecular flexibility index (Phi) is 3.07. The second-order valence-corrected chi connectivity index (χ2v) is 4.86. The fourth-order valence-corrected chi connectivity index (χ4v) is 2.25. The van der Waals surface area contributed by atoms with Crippen LogP contribution in [0.3, 0.4) is 0 Å². The Labute approximate surface area is 107 Å². The zero-order chi connectivity index (χ0) is 12.6. The highest BCUT2D eigenvalue weighted by Crippen LogP contribution is 2.22. The number of aryl methyl sites for hydroxylation is 2. The number of rotatable bonds is 2. The second kappa shape index (κ2) is 4.37. The lowest BCUT2D eigenvalue weighted by Gasteiger charge is -2.17. The summed E-state index contributed by atoms with van der Waals surface area (Å²) in [6.07, 6.45) is 2.02. The summed E-state index contributed by atoms with van der Waals surface area (Å²) >= 11 is 5.29. The molecule has 0 saturated heterocycles. The van der Waals surface area contributed by atoms with Gasteiger partial charge in [-0.3, -0.25) is 4.57 Å². The van der Waals surface area contributed by atoms with Crippen LogP contribution in [0.1, 0.15) is 11.3 Å². The molecule has 0 saturated carbocycles. The van der Waals surface area contributed by atoms with Crippen LogP contribution in [0.25, 0.3) is 5.69 Å². The summed E-state index contributed by atoms with van der Waals surface area (Å²) < 4.78 is 2.73. The first kappa shape index (κ1) is 11.9. The first-order chi connectivity index (χ1) is 7.99. The van der Waals surface area contributed by atoms with E-state index in [2.05, 4.69) is 35.0 Å². The van der Waals surface area contributed by atoms with Crippen LogP contribution in [0.4, 0.5) is 5.69 Å². The maximum Gasteiger partial charge on any atom is 0.181 e. The van der Waals surface area contributed by atoms with Gasteiger partial charge in [0.15, 0.2) is 4.77 Å². The second-order valence-electron chi connectivity index (χ2n) is 4.48. The summed E-state index contributed by atoms with van der Waals surface area (Å²) in [5.74, 6) is 0. The standard InChI is InChI=1S/C13H17N3S/c1-9-5-6-11(7-12(9)15(3)4)16-8-10(2)14-13(16)17/h5-8H,1-4H3,(H,14,17). The molecule has 2 rings (SSSR count). The van der Waals surface area contributed by atoms with Crippen molar-refractivity contribution in [2.24, 2.45) is 0 Å². The topological polar surface area (TPSA) is 24.0 Å². The SMILES string of the molecule is Cc1cn(-c2ccc(C)c(N(C)C)c2)c(=S)[nH]1. The summed E-state index contributed by atoms with van der Waals surface area (Å²) in [6, 6.07) is 6.36. The maximum absolute atomic E-state index is 5.29. The molecule has 0 fully saturated rings. The largest absolute Gasteiger partial charge is 0.377 e. The summed E-state index contributed by atoms with van der Waals surface area (Å²) in [5, 5.41) is 0. The van der Waals surface area contributed by atoms with Crippen molar-refractivity contribution < 1.29 is 0 Å². The molecule has 0 radical (unpaired) electrons. The van der Waals surface area contributed by atoms with Gasteiger partial charge in [0.25, 0.3) is 0 Å². The van der Waals surface area contributed by atoms with E-state index < -0.39 is 0 Å². The van der Waals surface area contributed by atoms with Gasteiger partial charge in [-0.05, 0) is 43.8 Å². The Morgan fingerprint density at radius 3 is 2.47 bits per heavy atom. The van der Waals surface area contributed by atoms with E-state index in [4.69, 9.17) is 12.2 Å². The van der Waals surface area contributed by atoms with E-state index in [-0.39, 0.29) is 0 Å². The summed E-state index contributed by atoms with van der Waals surface area (Å²) in [6.45, 7) is 4.12. The van der Waals surface area contributed by atoms with Gasteiger partial charge in [-0.25, -0.2) is 0 Å². The van der Waals surface area contributed by atoms with Gasteiger partial charge in [0.2, 0.25) is 0 Å². The number of hydrogen-bond acceptors (Lipinski definition) is 2. The van der Waals surface area contributed by atoms with Gasteiger partial charge >= 0.3 is 0 Å². The molecule has 0 aliphatic heterocycles. The lowest BCUT2D eigenvalue weighted by Crippen LogP contribution is -2.10. The molecule has 4 heteroatoms. The molecule has 0 aliphatic rings. The first-order valence-electron chi connectivity index (χ1n) is 5.55. The molecule has 17 heavy (non-hydrogen) atoms. The molecule has 1 aromatic heterocycles. The van der Waals surface area contributed by atoms with Crippen molar-refractivity contribution in [2.75, 3.05) is 19.0 Å². The van der Waals surface area contributed by atoms with E-state index in [0.717, 1.165) is 16.2 Å². The van der Waals surface area contributed by atoms with Crippen LogP contribution < -0.4 is 4.90 Å². The van der Waals surface area contributed by atoms with E-state index in [1.54, 1.807) is 0 Å². The number of nitrogens with zero attached hydrogens (tertiary/aromatic N) is 2. The highest BCUT2D eigenvalue weighted by Gasteiger charge is 2.05. The van der Waals surface area contributed by atoms with Crippen LogP contribution in [-0.4, -0.2) is 23.6 Å². The Morgan fingerprint density at radius 1 is 1.24 bits per heavy atom. The molecule has 3 nitrogen and oxygen atoms in total. The number of H-pyrrole nitrogens is 1. The summed E-state index contributed by atoms with van der Waals surface area (Å²) in [7, 11) is 4.10. The number of aromatic amines is 1. The summed E-state index contributed by atoms with van der Waals surface area (Å²) in [5.41, 5.74) is 4.64. The number of hydrogen-bond donors (Lipinski definition) is 1. The van der Waals surface area contributed by atoms with Gasteiger partial charge in [-0.15, -0.1) is 0 Å². The number of nitrogens with one attached hydrogen (secondary N) is 1. The fourth-order valence-electron chi connectivity index (χ4n) is 1.93. The van der Waals surface area contributed by atoms with Crippen molar-refractivity contribution in [3.63, 3.8) is 0 Å². The number of anilines is 1. The van der Waals surface area contributed by atoms with Gasteiger partial charge in [-0.2, -0.15) is 0 Å². The molecule has 0 bridgehead atoms. The van der Waals surface area contributed by atoms with E-state index in [9.17, 15) is 0 Å². The predicted molar refractivity (Wildman–Crippen MR) is 74.8 cm³/mol. The molecule has 0 amide bonds. The number of aromatic nitrogens is 2. The normalized spacial score (nSPS) is 10.6. The van der Waals surface area contributed by atoms with Gasteiger partial charge in [0.05, 0.1) is 0 Å². The Morgan fingerprint density at radius 2 is 1.94 bits per heavy atom. The highest BCUT2D eigenvalue weighted by molar-refractivity contribution is 7.71. The van der Waals surface area contributed by atoms with E-state index in [1.165, 1.54) is 11.3 Å². The molecule has 90 valence electrons. The maximum atomic E-state index is 5.29. The molecule has 0 aliphatic carbocycles. The fraction of sp³-hybridized carbons (Fsp3) is 0.308. The molecule has 0 atom stereocenters. The van der Waals surface area contributed by atoms with Gasteiger partial charge in [0.1, 0.15) is 0 Å². The zero-order valence-electron chi connectivity index (χ0n) is 10.6. The Bertz CT molecular complexity index is 593. The van der Waals surface area contributed by atoms with Crippen LogP contribution in [0.15, 0.2) is 24.4 Å². The third kappa shape index (κ3) is 2.26. The van der Waals surface area contributed by atoms with Crippen LogP contribution >= 0.6 is 12.2 Å². The Balaban J connectivity index is 2.57. The highest BCUT2D eigenvalue weighted by atomic mass is 32.1. The van der Waals surface area contributed by atoms with E-state index in [0.29, 0.717) is 0 Å². The van der Waals surface area contributed by atoms with Crippen molar-refractivity contribution in [1.82, 2.24) is 9.55 Å². The molecule has 0 spiro atoms. The zero-order valence-corrected chi connectivity index (χ0v) is 11.4. The monoisotopic (exact) mass is 247 g/mol. The average Bonchev–Trinajstić information content (AvgIpc) is 2.58. The third-order valence-corrected chi connectivity index (χ3v) is 3.10. The summed E-state index contributed by atoms with van der Waals surface area (Å²) in [4.78, 5) is 5.25. The van der Waals surface area contributed by atoms with Crippen LogP contribution in [0.5, 0.6) is 0 Å². The van der Waals surface area contributed by atoms with Gasteiger partial charge in [-0.1, -0.05) is 6.07 Å². The molecule has 1 aromatic carbocycles. The minimum atomic E-state index is 0.732. The van der Waals surface area contributed by atoms with Crippen LogP contribution in [0.2, 0.25) is 0 Å². The van der Waals surface area contributed by atoms with E-state index >= 15 is 0 Å². The quantitative estimate of drug-likeness (QED) is 0.824. The minimum absolute atomic E-state index is 0.732. The van der Waals surface area contributed by atoms with Crippen molar-refractivity contribution >= 4 is 17.9 Å². The van der Waals surface area contributed by atoms with E-state index in [1.807, 2.05) is 31.8 Å². The Hall–Kier alpha value is -1.55. The molecule has 2 aromatic rings. The predicted octanol–water partition coefficient (Wildman–Crippen LogP) is 3.22. The minimum Gasteiger partial charge on any atom is -0.377 e. The average molecular weight is 247 g/mol. The first-order valence-corrected chi connectivity index (χ1v) is 5.96. The van der Waals surface area contributed by atoms with Crippen molar-refractivity contribution in [3.8, 4) is 5.69 Å².